The van der Waals surface area contributed by atoms with E-state index < -0.39 is 0 Å². The molecule has 1 N–H and O–H groups in total. The minimum Gasteiger partial charge on any atom is -0.383 e. The van der Waals surface area contributed by atoms with Gasteiger partial charge in [-0.25, -0.2) is 0 Å². The van der Waals surface area contributed by atoms with Crippen LogP contribution in [0.1, 0.15) is 18.4 Å². The maximum absolute atomic E-state index is 4.14. The third-order valence-electron chi connectivity index (χ3n) is 3.51. The van der Waals surface area contributed by atoms with Crippen molar-refractivity contribution in [2.75, 3.05) is 11.9 Å². The first-order valence-corrected chi connectivity index (χ1v) is 6.84. The Hall–Kier alpha value is -2.42. The van der Waals surface area contributed by atoms with E-state index in [-0.39, 0.29) is 0 Å². The van der Waals surface area contributed by atoms with Gasteiger partial charge in [-0.1, -0.05) is 55.5 Å². The number of nitrogens with zero attached hydrogens (tertiary/aromatic N) is 2. The highest BCUT2D eigenvalue weighted by Crippen LogP contribution is 2.21. The number of hydrogen-bond acceptors (Lipinski definition) is 3. The zero-order valence-electron chi connectivity index (χ0n) is 11.5. The van der Waals surface area contributed by atoms with Gasteiger partial charge in [-0.2, -0.15) is 10.2 Å². The van der Waals surface area contributed by atoms with Crippen molar-refractivity contribution in [3.05, 3.63) is 66.4 Å². The van der Waals surface area contributed by atoms with Crippen LogP contribution in [0.3, 0.4) is 0 Å². The van der Waals surface area contributed by atoms with Crippen molar-refractivity contribution in [1.29, 1.82) is 0 Å². The molecular formula is C17H17N3. The van der Waals surface area contributed by atoms with Gasteiger partial charge >= 0.3 is 0 Å². The Morgan fingerprint density at radius 1 is 1.00 bits per heavy atom. The number of benzene rings is 2. The molecule has 0 aliphatic rings. The average Bonchev–Trinajstić information content (AvgIpc) is 2.53. The lowest BCUT2D eigenvalue weighted by atomic mass is 10.0. The van der Waals surface area contributed by atoms with Gasteiger partial charge in [0.05, 0.1) is 17.4 Å². The molecular weight excluding hydrogens is 246 g/mol. The van der Waals surface area contributed by atoms with E-state index in [4.69, 9.17) is 0 Å². The monoisotopic (exact) mass is 263 g/mol. The standard InChI is InChI=1S/C17H17N3/c1-13(14-7-3-2-4-8-14)11-18-17-12-19-20-16-10-6-5-9-15(16)17/h2-10,12-13H,11H2,1H3,(H,18,20). The normalized spacial score (nSPS) is 12.2. The van der Waals surface area contributed by atoms with E-state index in [9.17, 15) is 0 Å². The van der Waals surface area contributed by atoms with Crippen LogP contribution in [-0.2, 0) is 0 Å². The van der Waals surface area contributed by atoms with Gasteiger partial charge in [-0.05, 0) is 17.5 Å². The molecule has 1 heterocycles. The molecule has 1 atom stereocenters. The summed E-state index contributed by atoms with van der Waals surface area (Å²) in [6, 6.07) is 18.6. The minimum atomic E-state index is 0.447. The lowest BCUT2D eigenvalue weighted by molar-refractivity contribution is 0.804. The summed E-state index contributed by atoms with van der Waals surface area (Å²) in [6.07, 6.45) is 1.79. The first kappa shape index (κ1) is 12.6. The number of fused-ring (bicyclic) bond motifs is 1. The van der Waals surface area contributed by atoms with E-state index in [1.807, 2.05) is 24.3 Å². The fraction of sp³-hybridized carbons (Fsp3) is 0.176. The smallest absolute Gasteiger partial charge is 0.0950 e. The van der Waals surface area contributed by atoms with Crippen LogP contribution < -0.4 is 5.32 Å². The SMILES string of the molecule is CC(CNc1cnnc2ccccc12)c1ccccc1. The first-order chi connectivity index (χ1) is 9.84. The first-order valence-electron chi connectivity index (χ1n) is 6.84. The second kappa shape index (κ2) is 5.70. The van der Waals surface area contributed by atoms with Crippen LogP contribution in [-0.4, -0.2) is 16.7 Å². The van der Waals surface area contributed by atoms with Crippen molar-refractivity contribution in [3.63, 3.8) is 0 Å². The molecule has 0 radical (unpaired) electrons. The maximum Gasteiger partial charge on any atom is 0.0950 e. The largest absolute Gasteiger partial charge is 0.383 e. The van der Waals surface area contributed by atoms with Crippen molar-refractivity contribution < 1.29 is 0 Å². The Balaban J connectivity index is 1.77. The van der Waals surface area contributed by atoms with Crippen molar-refractivity contribution in [2.45, 2.75) is 12.8 Å². The predicted octanol–water partition coefficient (Wildman–Crippen LogP) is 3.85. The summed E-state index contributed by atoms with van der Waals surface area (Å²) < 4.78 is 0. The fourth-order valence-electron chi connectivity index (χ4n) is 2.31. The molecule has 3 rings (SSSR count). The van der Waals surface area contributed by atoms with Gasteiger partial charge in [-0.3, -0.25) is 0 Å². The Morgan fingerprint density at radius 2 is 1.75 bits per heavy atom. The number of anilines is 1. The molecule has 0 aliphatic carbocycles. The van der Waals surface area contributed by atoms with Gasteiger partial charge < -0.3 is 5.32 Å². The van der Waals surface area contributed by atoms with Crippen molar-refractivity contribution in [2.24, 2.45) is 0 Å². The number of rotatable bonds is 4. The van der Waals surface area contributed by atoms with Crippen molar-refractivity contribution in [1.82, 2.24) is 10.2 Å². The lowest BCUT2D eigenvalue weighted by Crippen LogP contribution is -2.10. The van der Waals surface area contributed by atoms with E-state index in [2.05, 4.69) is 52.8 Å². The molecule has 1 aromatic heterocycles. The summed E-state index contributed by atoms with van der Waals surface area (Å²) in [5.41, 5.74) is 3.30. The molecule has 0 amide bonds. The zero-order valence-corrected chi connectivity index (χ0v) is 11.5. The minimum absolute atomic E-state index is 0.447. The Bertz CT molecular complexity index is 689. The van der Waals surface area contributed by atoms with Crippen LogP contribution in [0, 0.1) is 0 Å². The van der Waals surface area contributed by atoms with Crippen LogP contribution in [0.4, 0.5) is 5.69 Å². The molecule has 0 aliphatic heterocycles. The van der Waals surface area contributed by atoms with Gasteiger partial charge in [0.1, 0.15) is 0 Å². The Kier molecular flexibility index (Phi) is 3.59. The van der Waals surface area contributed by atoms with Crippen LogP contribution in [0.2, 0.25) is 0 Å². The Morgan fingerprint density at radius 3 is 2.60 bits per heavy atom. The molecule has 1 unspecified atom stereocenters. The van der Waals surface area contributed by atoms with E-state index >= 15 is 0 Å². The molecule has 0 saturated heterocycles. The summed E-state index contributed by atoms with van der Waals surface area (Å²) in [7, 11) is 0. The Labute approximate surface area is 118 Å². The molecule has 0 spiro atoms. The van der Waals surface area contributed by atoms with E-state index in [0.29, 0.717) is 5.92 Å². The van der Waals surface area contributed by atoms with Gasteiger partial charge in [0.25, 0.3) is 0 Å². The molecule has 3 nitrogen and oxygen atoms in total. The molecule has 0 saturated carbocycles. The predicted molar refractivity (Wildman–Crippen MR) is 82.9 cm³/mol. The summed E-state index contributed by atoms with van der Waals surface area (Å²) in [6.45, 7) is 3.10. The summed E-state index contributed by atoms with van der Waals surface area (Å²) in [5, 5.41) is 12.8. The van der Waals surface area contributed by atoms with Crippen LogP contribution >= 0.6 is 0 Å². The second-order valence-electron chi connectivity index (χ2n) is 4.97. The second-order valence-corrected chi connectivity index (χ2v) is 4.97. The number of nitrogens with one attached hydrogen (secondary N) is 1. The number of hydrogen-bond donors (Lipinski definition) is 1. The highest BCUT2D eigenvalue weighted by molar-refractivity contribution is 5.90. The highest BCUT2D eigenvalue weighted by atomic mass is 15.1. The molecule has 3 heteroatoms. The highest BCUT2D eigenvalue weighted by Gasteiger charge is 2.06. The van der Waals surface area contributed by atoms with E-state index in [1.165, 1.54) is 5.56 Å². The maximum atomic E-state index is 4.14. The summed E-state index contributed by atoms with van der Waals surface area (Å²) >= 11 is 0. The number of aromatic nitrogens is 2. The van der Waals surface area contributed by atoms with Crippen molar-refractivity contribution >= 4 is 16.6 Å². The quantitative estimate of drug-likeness (QED) is 0.777. The molecule has 3 aromatic rings. The van der Waals surface area contributed by atoms with E-state index in [1.54, 1.807) is 6.20 Å². The van der Waals surface area contributed by atoms with Gasteiger partial charge in [-0.15, -0.1) is 0 Å². The van der Waals surface area contributed by atoms with Crippen LogP contribution in [0.25, 0.3) is 10.9 Å². The van der Waals surface area contributed by atoms with Crippen LogP contribution in [0.15, 0.2) is 60.8 Å². The average molecular weight is 263 g/mol. The summed E-state index contributed by atoms with van der Waals surface area (Å²) in [5.74, 6) is 0.447. The van der Waals surface area contributed by atoms with Gasteiger partial charge in [0.15, 0.2) is 0 Å². The van der Waals surface area contributed by atoms with Gasteiger partial charge in [0, 0.05) is 11.9 Å². The topological polar surface area (TPSA) is 37.8 Å². The third-order valence-corrected chi connectivity index (χ3v) is 3.51. The molecule has 0 fully saturated rings. The zero-order chi connectivity index (χ0) is 13.8. The molecule has 20 heavy (non-hydrogen) atoms. The fourth-order valence-corrected chi connectivity index (χ4v) is 2.31. The molecule has 2 aromatic carbocycles. The molecule has 0 bridgehead atoms. The molecule has 100 valence electrons. The summed E-state index contributed by atoms with van der Waals surface area (Å²) in [4.78, 5) is 0. The van der Waals surface area contributed by atoms with Crippen molar-refractivity contribution in [3.8, 4) is 0 Å². The van der Waals surface area contributed by atoms with Crippen LogP contribution in [0.5, 0.6) is 0 Å². The van der Waals surface area contributed by atoms with Gasteiger partial charge in [0.2, 0.25) is 0 Å². The van der Waals surface area contributed by atoms with E-state index in [0.717, 1.165) is 23.1 Å². The lowest BCUT2D eigenvalue weighted by Gasteiger charge is -2.14. The third kappa shape index (κ3) is 2.62.